The van der Waals surface area contributed by atoms with Crippen molar-refractivity contribution in [1.29, 1.82) is 5.26 Å². The van der Waals surface area contributed by atoms with Crippen LogP contribution in [0.15, 0.2) is 47.5 Å². The van der Waals surface area contributed by atoms with Gasteiger partial charge in [-0.2, -0.15) is 18.4 Å². The van der Waals surface area contributed by atoms with Gasteiger partial charge >= 0.3 is 6.18 Å². The Hall–Kier alpha value is -3.03. The van der Waals surface area contributed by atoms with Gasteiger partial charge in [-0.1, -0.05) is 35.5 Å². The predicted molar refractivity (Wildman–Crippen MR) is 107 cm³/mol. The Morgan fingerprint density at radius 3 is 2.73 bits per heavy atom. The Balaban J connectivity index is 1.69. The Morgan fingerprint density at radius 1 is 1.30 bits per heavy atom. The molecule has 2 N–H and O–H groups in total. The van der Waals surface area contributed by atoms with Gasteiger partial charge in [-0.3, -0.25) is 9.59 Å². The summed E-state index contributed by atoms with van der Waals surface area (Å²) >= 11 is 6.51. The molecule has 0 aromatic heterocycles. The number of nitrogens with one attached hydrogen (secondary N) is 2. The van der Waals surface area contributed by atoms with E-state index in [0.717, 1.165) is 23.9 Å². The molecule has 1 aliphatic heterocycles. The zero-order chi connectivity index (χ0) is 21.9. The molecular formula is C19H12ClF3N4O2S. The fourth-order valence-corrected chi connectivity index (χ4v) is 3.78. The van der Waals surface area contributed by atoms with Gasteiger partial charge in [0.05, 0.1) is 27.5 Å². The third-order valence-corrected chi connectivity index (χ3v) is 5.37. The highest BCUT2D eigenvalue weighted by Gasteiger charge is 2.34. The van der Waals surface area contributed by atoms with Crippen molar-refractivity contribution in [3.63, 3.8) is 0 Å². The summed E-state index contributed by atoms with van der Waals surface area (Å²) in [5.41, 5.74) is -0.474. The molecule has 1 saturated heterocycles. The number of hydrogen-bond acceptors (Lipinski definition) is 5. The minimum absolute atomic E-state index is 0.0393. The van der Waals surface area contributed by atoms with Gasteiger partial charge < -0.3 is 10.6 Å². The molecule has 0 spiro atoms. The average Bonchev–Trinajstić information content (AvgIpc) is 3.01. The molecule has 1 heterocycles. The Bertz CT molecular complexity index is 1080. The summed E-state index contributed by atoms with van der Waals surface area (Å²) in [6, 6.07) is 11.5. The number of nitrogens with zero attached hydrogens (tertiary/aromatic N) is 2. The van der Waals surface area contributed by atoms with E-state index in [0.29, 0.717) is 5.69 Å². The second kappa shape index (κ2) is 8.77. The van der Waals surface area contributed by atoms with E-state index < -0.39 is 33.8 Å². The first kappa shape index (κ1) is 21.7. The molecule has 0 bridgehead atoms. The van der Waals surface area contributed by atoms with E-state index in [1.165, 1.54) is 6.07 Å². The number of rotatable bonds is 4. The number of hydrogen-bond donors (Lipinski definition) is 2. The molecule has 0 radical (unpaired) electrons. The summed E-state index contributed by atoms with van der Waals surface area (Å²) in [5.74, 6) is -0.982. The molecule has 0 aliphatic carbocycles. The molecule has 0 saturated carbocycles. The molecule has 1 aliphatic rings. The number of carbonyl (C=O) groups excluding carboxylic acids is 2. The molecule has 154 valence electrons. The zero-order valence-electron chi connectivity index (χ0n) is 15.0. The third-order valence-electron chi connectivity index (χ3n) is 3.95. The maximum absolute atomic E-state index is 13.0. The summed E-state index contributed by atoms with van der Waals surface area (Å²) in [7, 11) is 0. The lowest BCUT2D eigenvalue weighted by Crippen LogP contribution is -2.28. The number of carbonyl (C=O) groups is 2. The van der Waals surface area contributed by atoms with E-state index >= 15 is 0 Å². The van der Waals surface area contributed by atoms with E-state index in [2.05, 4.69) is 15.6 Å². The second-order valence-corrected chi connectivity index (χ2v) is 7.68. The fourth-order valence-electron chi connectivity index (χ4n) is 2.57. The highest BCUT2D eigenvalue weighted by Crippen LogP contribution is 2.37. The van der Waals surface area contributed by atoms with Gasteiger partial charge in [0, 0.05) is 6.42 Å². The number of aliphatic imine (C=N–C) groups is 1. The van der Waals surface area contributed by atoms with Gasteiger partial charge in [0.15, 0.2) is 5.17 Å². The summed E-state index contributed by atoms with van der Waals surface area (Å²) < 4.78 is 38.9. The number of benzene rings is 2. The molecular weight excluding hydrogens is 441 g/mol. The third kappa shape index (κ3) is 5.11. The topological polar surface area (TPSA) is 94.3 Å². The maximum atomic E-state index is 13.0. The quantitative estimate of drug-likeness (QED) is 0.715. The number of nitriles is 1. The molecule has 2 aromatic carbocycles. The van der Waals surface area contributed by atoms with Crippen LogP contribution in [0.5, 0.6) is 0 Å². The minimum Gasteiger partial charge on any atom is -0.325 e. The van der Waals surface area contributed by atoms with Crippen LogP contribution >= 0.6 is 23.4 Å². The van der Waals surface area contributed by atoms with Crippen molar-refractivity contribution in [1.82, 2.24) is 5.32 Å². The summed E-state index contributed by atoms with van der Waals surface area (Å²) in [5, 5.41) is 12.9. The lowest BCUT2D eigenvalue weighted by molar-refractivity contribution is -0.137. The standard InChI is InChI=1S/C19H12ClF3N4O2S/c20-13-6-5-11(7-12(13)19(21,22)23)25-18-27-17(29)15(30-18)8-16(28)26-14-4-2-1-3-10(14)9-24/h1-7,15H,8H2,(H,26,28)(H,25,27,29). The number of anilines is 1. The van der Waals surface area contributed by atoms with Crippen LogP contribution in [0.4, 0.5) is 24.5 Å². The second-order valence-electron chi connectivity index (χ2n) is 6.08. The number of amides is 2. The number of halogens is 4. The molecule has 30 heavy (non-hydrogen) atoms. The summed E-state index contributed by atoms with van der Waals surface area (Å²) in [6.07, 6.45) is -4.84. The van der Waals surface area contributed by atoms with Gasteiger partial charge in [0.25, 0.3) is 0 Å². The minimum atomic E-state index is -4.64. The van der Waals surface area contributed by atoms with Crippen molar-refractivity contribution in [2.45, 2.75) is 17.8 Å². The van der Waals surface area contributed by atoms with Gasteiger partial charge in [-0.05, 0) is 30.3 Å². The first-order valence-electron chi connectivity index (χ1n) is 8.39. The lowest BCUT2D eigenvalue weighted by Gasteiger charge is -2.09. The van der Waals surface area contributed by atoms with Crippen molar-refractivity contribution >= 4 is 51.7 Å². The van der Waals surface area contributed by atoms with Crippen LogP contribution in [0.3, 0.4) is 0 Å². The van der Waals surface area contributed by atoms with E-state index in [1.807, 2.05) is 6.07 Å². The maximum Gasteiger partial charge on any atom is 0.417 e. The molecule has 1 fully saturated rings. The van der Waals surface area contributed by atoms with Gasteiger partial charge in [0.2, 0.25) is 11.8 Å². The van der Waals surface area contributed by atoms with Gasteiger partial charge in [0.1, 0.15) is 11.3 Å². The van der Waals surface area contributed by atoms with Crippen LogP contribution in [-0.2, 0) is 15.8 Å². The van der Waals surface area contributed by atoms with Crippen LogP contribution in [0.1, 0.15) is 17.5 Å². The number of thioether (sulfide) groups is 1. The lowest BCUT2D eigenvalue weighted by atomic mass is 10.2. The van der Waals surface area contributed by atoms with E-state index in [-0.39, 0.29) is 22.8 Å². The van der Waals surface area contributed by atoms with Crippen molar-refractivity contribution in [3.8, 4) is 6.07 Å². The van der Waals surface area contributed by atoms with E-state index in [1.54, 1.807) is 24.3 Å². The number of amidine groups is 1. The summed E-state index contributed by atoms with van der Waals surface area (Å²) in [4.78, 5) is 28.4. The monoisotopic (exact) mass is 452 g/mol. The molecule has 2 amide bonds. The molecule has 3 rings (SSSR count). The van der Waals surface area contributed by atoms with Crippen LogP contribution in [0.25, 0.3) is 0 Å². The normalized spacial score (nSPS) is 17.5. The summed E-state index contributed by atoms with van der Waals surface area (Å²) in [6.45, 7) is 0. The highest BCUT2D eigenvalue weighted by molar-refractivity contribution is 8.15. The van der Waals surface area contributed by atoms with Crippen molar-refractivity contribution < 1.29 is 22.8 Å². The largest absolute Gasteiger partial charge is 0.417 e. The number of alkyl halides is 3. The van der Waals surface area contributed by atoms with E-state index in [4.69, 9.17) is 16.9 Å². The van der Waals surface area contributed by atoms with Crippen LogP contribution in [0.2, 0.25) is 5.02 Å². The number of para-hydroxylation sites is 1. The van der Waals surface area contributed by atoms with E-state index in [9.17, 15) is 22.8 Å². The fraction of sp³-hybridized carbons (Fsp3) is 0.158. The average molecular weight is 453 g/mol. The van der Waals surface area contributed by atoms with Gasteiger partial charge in [-0.25, -0.2) is 4.99 Å². The SMILES string of the molecule is N#Cc1ccccc1NC(=O)CC1SC(=Nc2ccc(Cl)c(C(F)(F)F)c2)NC1=O. The molecule has 1 unspecified atom stereocenters. The van der Waals surface area contributed by atoms with Crippen molar-refractivity contribution in [3.05, 3.63) is 58.6 Å². The van der Waals surface area contributed by atoms with Crippen LogP contribution in [0, 0.1) is 11.3 Å². The molecule has 2 aromatic rings. The zero-order valence-corrected chi connectivity index (χ0v) is 16.5. The first-order valence-corrected chi connectivity index (χ1v) is 9.65. The van der Waals surface area contributed by atoms with Crippen molar-refractivity contribution in [2.24, 2.45) is 4.99 Å². The van der Waals surface area contributed by atoms with Gasteiger partial charge in [-0.15, -0.1) is 0 Å². The Morgan fingerprint density at radius 2 is 2.03 bits per heavy atom. The predicted octanol–water partition coefficient (Wildman–Crippen LogP) is 4.48. The molecule has 1 atom stereocenters. The van der Waals surface area contributed by atoms with Crippen molar-refractivity contribution in [2.75, 3.05) is 5.32 Å². The molecule has 11 heteroatoms. The van der Waals surface area contributed by atoms with Crippen LogP contribution in [-0.4, -0.2) is 22.2 Å². The Kier molecular flexibility index (Phi) is 6.34. The molecule has 6 nitrogen and oxygen atoms in total. The first-order chi connectivity index (χ1) is 14.2. The smallest absolute Gasteiger partial charge is 0.325 e. The Labute approximate surface area is 178 Å². The highest BCUT2D eigenvalue weighted by atomic mass is 35.5. The van der Waals surface area contributed by atoms with Crippen LogP contribution < -0.4 is 10.6 Å².